The van der Waals surface area contributed by atoms with Crippen LogP contribution in [0.25, 0.3) is 0 Å². The van der Waals surface area contributed by atoms with E-state index in [-0.39, 0.29) is 36.2 Å². The average molecular weight is 369 g/mol. The van der Waals surface area contributed by atoms with E-state index in [0.29, 0.717) is 18.6 Å². The van der Waals surface area contributed by atoms with Gasteiger partial charge in [0.15, 0.2) is 0 Å². The summed E-state index contributed by atoms with van der Waals surface area (Å²) in [6.07, 6.45) is 4.31. The van der Waals surface area contributed by atoms with E-state index in [0.717, 1.165) is 65.1 Å². The minimum absolute atomic E-state index is 0. The van der Waals surface area contributed by atoms with Crippen LogP contribution in [0.4, 0.5) is 0 Å². The van der Waals surface area contributed by atoms with Crippen LogP contribution in [0.5, 0.6) is 0 Å². The molecule has 23 heavy (non-hydrogen) atoms. The van der Waals surface area contributed by atoms with Crippen molar-refractivity contribution >= 4 is 30.8 Å². The van der Waals surface area contributed by atoms with Gasteiger partial charge in [0.25, 0.3) is 0 Å². The standard InChI is InChI=1S/C16H28N2O3.2ClH/c1-2-21-15(19)16-5-3-14(18-7-9-20-10-8-18)11-13(16)4-6-17-12-16;;/h13-14,17H,2-12H2,1H3;2*1H/t13-,14-,16-;;/m1../s1. The smallest absolute Gasteiger partial charge is 0.313 e. The van der Waals surface area contributed by atoms with Gasteiger partial charge < -0.3 is 14.8 Å². The van der Waals surface area contributed by atoms with Gasteiger partial charge in [0, 0.05) is 25.7 Å². The zero-order valence-corrected chi connectivity index (χ0v) is 15.6. The van der Waals surface area contributed by atoms with Crippen LogP contribution in [-0.4, -0.2) is 62.9 Å². The maximum Gasteiger partial charge on any atom is 0.313 e. The third-order valence-electron chi connectivity index (χ3n) is 5.62. The van der Waals surface area contributed by atoms with Gasteiger partial charge in [-0.25, -0.2) is 0 Å². The van der Waals surface area contributed by atoms with Crippen molar-refractivity contribution in [2.45, 2.75) is 38.6 Å². The van der Waals surface area contributed by atoms with Crippen molar-refractivity contribution in [1.82, 2.24) is 10.2 Å². The number of halogens is 2. The maximum atomic E-state index is 12.5. The van der Waals surface area contributed by atoms with Gasteiger partial charge in [-0.2, -0.15) is 0 Å². The van der Waals surface area contributed by atoms with Gasteiger partial charge in [-0.05, 0) is 45.1 Å². The van der Waals surface area contributed by atoms with Crippen LogP contribution in [0.2, 0.25) is 0 Å². The molecule has 0 aromatic rings. The monoisotopic (exact) mass is 368 g/mol. The van der Waals surface area contributed by atoms with E-state index in [1.54, 1.807) is 0 Å². The Morgan fingerprint density at radius 1 is 1.30 bits per heavy atom. The van der Waals surface area contributed by atoms with E-state index in [4.69, 9.17) is 9.47 Å². The first-order chi connectivity index (χ1) is 10.3. The molecule has 3 atom stereocenters. The zero-order valence-electron chi connectivity index (χ0n) is 13.9. The summed E-state index contributed by atoms with van der Waals surface area (Å²) in [6, 6.07) is 0.625. The summed E-state index contributed by atoms with van der Waals surface area (Å²) in [7, 11) is 0. The molecule has 2 saturated heterocycles. The zero-order chi connectivity index (χ0) is 14.7. The molecule has 3 rings (SSSR count). The Hall–Kier alpha value is -0.0700. The summed E-state index contributed by atoms with van der Waals surface area (Å²) in [4.78, 5) is 15.1. The van der Waals surface area contributed by atoms with Gasteiger partial charge in [0.05, 0.1) is 25.2 Å². The lowest BCUT2D eigenvalue weighted by atomic mass is 9.62. The fourth-order valence-corrected chi connectivity index (χ4v) is 4.40. The molecule has 0 amide bonds. The van der Waals surface area contributed by atoms with Crippen LogP contribution in [0.1, 0.15) is 32.6 Å². The molecular formula is C16H30Cl2N2O3. The van der Waals surface area contributed by atoms with Gasteiger partial charge in [-0.1, -0.05) is 0 Å². The molecule has 0 aromatic heterocycles. The Morgan fingerprint density at radius 3 is 2.74 bits per heavy atom. The lowest BCUT2D eigenvalue weighted by Gasteiger charge is -2.50. The first kappa shape index (κ1) is 21.0. The molecule has 7 heteroatoms. The molecule has 0 aromatic carbocycles. The van der Waals surface area contributed by atoms with Crippen molar-refractivity contribution in [3.63, 3.8) is 0 Å². The lowest BCUT2D eigenvalue weighted by Crippen LogP contribution is -2.58. The number of hydrogen-bond donors (Lipinski definition) is 1. The van der Waals surface area contributed by atoms with Gasteiger partial charge >= 0.3 is 5.97 Å². The number of nitrogens with zero attached hydrogens (tertiary/aromatic N) is 1. The molecule has 0 unspecified atom stereocenters. The fourth-order valence-electron chi connectivity index (χ4n) is 4.40. The molecule has 2 aliphatic heterocycles. The quantitative estimate of drug-likeness (QED) is 0.770. The van der Waals surface area contributed by atoms with Crippen molar-refractivity contribution < 1.29 is 14.3 Å². The molecule has 0 radical (unpaired) electrons. The highest BCUT2D eigenvalue weighted by molar-refractivity contribution is 5.85. The maximum absolute atomic E-state index is 12.5. The van der Waals surface area contributed by atoms with Crippen LogP contribution in [0, 0.1) is 11.3 Å². The highest BCUT2D eigenvalue weighted by Crippen LogP contribution is 2.46. The van der Waals surface area contributed by atoms with Crippen molar-refractivity contribution in [3.8, 4) is 0 Å². The molecule has 3 fully saturated rings. The summed E-state index contributed by atoms with van der Waals surface area (Å²) in [6.45, 7) is 8.01. The van der Waals surface area contributed by atoms with E-state index in [1.165, 1.54) is 0 Å². The Morgan fingerprint density at radius 2 is 2.04 bits per heavy atom. The highest BCUT2D eigenvalue weighted by atomic mass is 35.5. The number of carbonyl (C=O) groups excluding carboxylic acids is 1. The van der Waals surface area contributed by atoms with E-state index in [2.05, 4.69) is 10.2 Å². The second-order valence-corrected chi connectivity index (χ2v) is 6.62. The normalized spacial score (nSPS) is 34.5. The minimum Gasteiger partial charge on any atom is -0.466 e. The number of ether oxygens (including phenoxy) is 2. The van der Waals surface area contributed by atoms with Gasteiger partial charge in [0.2, 0.25) is 0 Å². The van der Waals surface area contributed by atoms with Crippen LogP contribution in [-0.2, 0) is 14.3 Å². The van der Waals surface area contributed by atoms with Gasteiger partial charge in [-0.15, -0.1) is 24.8 Å². The molecule has 136 valence electrons. The van der Waals surface area contributed by atoms with Crippen LogP contribution in [0.15, 0.2) is 0 Å². The molecular weight excluding hydrogens is 339 g/mol. The number of piperidine rings is 1. The fraction of sp³-hybridized carbons (Fsp3) is 0.938. The van der Waals surface area contributed by atoms with Crippen LogP contribution in [0.3, 0.4) is 0 Å². The van der Waals surface area contributed by atoms with Crippen LogP contribution < -0.4 is 5.32 Å². The number of hydrogen-bond acceptors (Lipinski definition) is 5. The predicted octanol–water partition coefficient (Wildman–Crippen LogP) is 1.87. The van der Waals surface area contributed by atoms with E-state index >= 15 is 0 Å². The topological polar surface area (TPSA) is 50.8 Å². The summed E-state index contributed by atoms with van der Waals surface area (Å²) in [5.74, 6) is 0.502. The molecule has 5 nitrogen and oxygen atoms in total. The second kappa shape index (κ2) is 9.42. The third-order valence-corrected chi connectivity index (χ3v) is 5.62. The molecule has 0 spiro atoms. The first-order valence-electron chi connectivity index (χ1n) is 8.46. The Labute approximate surface area is 151 Å². The Balaban J connectivity index is 0.00000132. The Kier molecular flexibility index (Phi) is 8.59. The van der Waals surface area contributed by atoms with Crippen molar-refractivity contribution in [1.29, 1.82) is 0 Å². The van der Waals surface area contributed by atoms with E-state index in [1.807, 2.05) is 6.92 Å². The van der Waals surface area contributed by atoms with Crippen molar-refractivity contribution in [2.24, 2.45) is 11.3 Å². The lowest BCUT2D eigenvalue weighted by molar-refractivity contribution is -0.165. The number of nitrogens with one attached hydrogen (secondary N) is 1. The molecule has 0 bridgehead atoms. The molecule has 1 saturated carbocycles. The summed E-state index contributed by atoms with van der Waals surface area (Å²) in [5.41, 5.74) is -0.267. The summed E-state index contributed by atoms with van der Waals surface area (Å²) < 4.78 is 10.9. The number of rotatable bonds is 3. The van der Waals surface area contributed by atoms with Crippen LogP contribution >= 0.6 is 24.8 Å². The number of morpholine rings is 1. The molecule has 3 aliphatic rings. The van der Waals surface area contributed by atoms with E-state index in [9.17, 15) is 4.79 Å². The van der Waals surface area contributed by atoms with Crippen molar-refractivity contribution in [3.05, 3.63) is 0 Å². The summed E-state index contributed by atoms with van der Waals surface area (Å²) in [5, 5.41) is 3.42. The minimum atomic E-state index is -0.267. The molecule has 1 aliphatic carbocycles. The number of fused-ring (bicyclic) bond motifs is 1. The second-order valence-electron chi connectivity index (χ2n) is 6.62. The van der Waals surface area contributed by atoms with Gasteiger partial charge in [0.1, 0.15) is 0 Å². The van der Waals surface area contributed by atoms with Gasteiger partial charge in [-0.3, -0.25) is 9.69 Å². The number of carbonyl (C=O) groups is 1. The SMILES string of the molecule is CCOC(=O)[C@@]12CC[C@@H](N3CCOCC3)C[C@H]1CCNC2.Cl.Cl. The molecule has 1 N–H and O–H groups in total. The predicted molar refractivity (Wildman–Crippen MR) is 94.6 cm³/mol. The molecule has 2 heterocycles. The largest absolute Gasteiger partial charge is 0.466 e. The summed E-state index contributed by atoms with van der Waals surface area (Å²) >= 11 is 0. The average Bonchev–Trinajstić information content (AvgIpc) is 2.55. The van der Waals surface area contributed by atoms with Crippen molar-refractivity contribution in [2.75, 3.05) is 46.0 Å². The third kappa shape index (κ3) is 4.31. The van der Waals surface area contributed by atoms with E-state index < -0.39 is 0 Å². The highest BCUT2D eigenvalue weighted by Gasteiger charge is 2.51. The first-order valence-corrected chi connectivity index (χ1v) is 8.46. The number of esters is 1. The Bertz CT molecular complexity index is 380.